The molecule has 4 nitrogen and oxygen atoms in total. The first-order valence-electron chi connectivity index (χ1n) is 6.60. The molecule has 2 fully saturated rings. The predicted molar refractivity (Wildman–Crippen MR) is 67.0 cm³/mol. The summed E-state index contributed by atoms with van der Waals surface area (Å²) in [5.41, 5.74) is 0.238. The van der Waals surface area contributed by atoms with Gasteiger partial charge in [-0.15, -0.1) is 0 Å². The maximum Gasteiger partial charge on any atom is 0.410 e. The molecule has 2 rings (SSSR count). The van der Waals surface area contributed by atoms with Gasteiger partial charge in [-0.2, -0.15) is 0 Å². The number of rotatable bonds is 1. The Morgan fingerprint density at radius 3 is 2.24 bits per heavy atom. The zero-order valence-corrected chi connectivity index (χ0v) is 11.4. The smallest absolute Gasteiger partial charge is 0.410 e. The van der Waals surface area contributed by atoms with Gasteiger partial charge in [0.25, 0.3) is 0 Å². The van der Waals surface area contributed by atoms with Crippen LogP contribution in [-0.4, -0.2) is 53.2 Å². The molecule has 0 radical (unpaired) electrons. The Bertz CT molecular complexity index is 290. The second-order valence-corrected chi connectivity index (χ2v) is 6.22. The van der Waals surface area contributed by atoms with Crippen LogP contribution in [0.3, 0.4) is 0 Å². The van der Waals surface area contributed by atoms with Crippen LogP contribution >= 0.6 is 0 Å². The molecule has 98 valence electrons. The van der Waals surface area contributed by atoms with Crippen molar-refractivity contribution >= 4 is 6.09 Å². The Kier molecular flexibility index (Phi) is 3.34. The second-order valence-electron chi connectivity index (χ2n) is 6.22. The molecule has 1 atom stereocenters. The molecule has 0 aromatic heterocycles. The van der Waals surface area contributed by atoms with Gasteiger partial charge in [0.1, 0.15) is 6.61 Å². The number of amides is 1. The third-order valence-electron chi connectivity index (χ3n) is 3.94. The van der Waals surface area contributed by atoms with Crippen LogP contribution < -0.4 is 0 Å². The van der Waals surface area contributed by atoms with Gasteiger partial charge in [0.15, 0.2) is 0 Å². The number of carbonyl (C=O) groups is 1. The fourth-order valence-corrected chi connectivity index (χ4v) is 2.85. The minimum atomic E-state index is -0.119. The van der Waals surface area contributed by atoms with Crippen molar-refractivity contribution in [2.24, 2.45) is 0 Å². The zero-order chi connectivity index (χ0) is 12.6. The molecule has 0 aromatic carbocycles. The highest BCUT2D eigenvalue weighted by Crippen LogP contribution is 2.26. The Hall–Kier alpha value is -0.770. The van der Waals surface area contributed by atoms with Crippen molar-refractivity contribution in [3.05, 3.63) is 0 Å². The average Bonchev–Trinajstić information content (AvgIpc) is 2.58. The van der Waals surface area contributed by atoms with E-state index in [0.29, 0.717) is 12.6 Å². The van der Waals surface area contributed by atoms with Gasteiger partial charge in [-0.1, -0.05) is 0 Å². The summed E-state index contributed by atoms with van der Waals surface area (Å²) >= 11 is 0. The number of hydrogen-bond acceptors (Lipinski definition) is 3. The highest BCUT2D eigenvalue weighted by molar-refractivity contribution is 5.70. The molecule has 1 amide bonds. The SMILES string of the molecule is CC1COC(=O)N1C1CCN(C(C)(C)C)CC1. The van der Waals surface area contributed by atoms with E-state index in [1.807, 2.05) is 4.90 Å². The third-order valence-corrected chi connectivity index (χ3v) is 3.94. The van der Waals surface area contributed by atoms with Crippen molar-refractivity contribution in [3.63, 3.8) is 0 Å². The van der Waals surface area contributed by atoms with Crippen molar-refractivity contribution in [2.75, 3.05) is 19.7 Å². The van der Waals surface area contributed by atoms with E-state index >= 15 is 0 Å². The lowest BCUT2D eigenvalue weighted by atomic mass is 9.97. The summed E-state index contributed by atoms with van der Waals surface area (Å²) in [5.74, 6) is 0. The first kappa shape index (κ1) is 12.7. The molecule has 0 spiro atoms. The van der Waals surface area contributed by atoms with Crippen molar-refractivity contribution < 1.29 is 9.53 Å². The molecule has 17 heavy (non-hydrogen) atoms. The average molecular weight is 240 g/mol. The van der Waals surface area contributed by atoms with E-state index in [0.717, 1.165) is 25.9 Å². The third kappa shape index (κ3) is 2.57. The normalized spacial score (nSPS) is 28.6. The minimum Gasteiger partial charge on any atom is -0.447 e. The molecular formula is C13H24N2O2. The second kappa shape index (κ2) is 4.48. The lowest BCUT2D eigenvalue weighted by molar-refractivity contribution is 0.0630. The molecule has 0 N–H and O–H groups in total. The minimum absolute atomic E-state index is 0.119. The quantitative estimate of drug-likeness (QED) is 0.703. The number of nitrogens with zero attached hydrogens (tertiary/aromatic N) is 2. The fraction of sp³-hybridized carbons (Fsp3) is 0.923. The Labute approximate surface area is 104 Å². The van der Waals surface area contributed by atoms with E-state index < -0.39 is 0 Å². The Morgan fingerprint density at radius 2 is 1.82 bits per heavy atom. The van der Waals surface area contributed by atoms with Gasteiger partial charge in [-0.3, -0.25) is 9.80 Å². The monoisotopic (exact) mass is 240 g/mol. The maximum atomic E-state index is 11.7. The van der Waals surface area contributed by atoms with Gasteiger partial charge in [0.05, 0.1) is 6.04 Å². The number of cyclic esters (lactones) is 1. The van der Waals surface area contributed by atoms with Crippen LogP contribution in [-0.2, 0) is 4.74 Å². The fourth-order valence-electron chi connectivity index (χ4n) is 2.85. The van der Waals surface area contributed by atoms with Gasteiger partial charge in [-0.05, 0) is 40.5 Å². The first-order chi connectivity index (χ1) is 7.89. The van der Waals surface area contributed by atoms with E-state index in [4.69, 9.17) is 4.74 Å². The molecule has 2 aliphatic heterocycles. The van der Waals surface area contributed by atoms with E-state index in [2.05, 4.69) is 32.6 Å². The molecule has 2 saturated heterocycles. The molecule has 2 heterocycles. The molecule has 1 unspecified atom stereocenters. The van der Waals surface area contributed by atoms with Crippen LogP contribution in [0.25, 0.3) is 0 Å². The van der Waals surface area contributed by atoms with Crippen LogP contribution in [0.5, 0.6) is 0 Å². The summed E-state index contributed by atoms with van der Waals surface area (Å²) in [6.07, 6.45) is 2.01. The number of carbonyl (C=O) groups excluding carboxylic acids is 1. The molecule has 0 bridgehead atoms. The predicted octanol–water partition coefficient (Wildman–Crippen LogP) is 2.09. The molecule has 4 heteroatoms. The number of ether oxygens (including phenoxy) is 1. The largest absolute Gasteiger partial charge is 0.447 e. The molecule has 0 aromatic rings. The maximum absolute atomic E-state index is 11.7. The van der Waals surface area contributed by atoms with Crippen molar-refractivity contribution in [1.29, 1.82) is 0 Å². The number of hydrogen-bond donors (Lipinski definition) is 0. The van der Waals surface area contributed by atoms with Crippen LogP contribution in [0.1, 0.15) is 40.5 Å². The highest BCUT2D eigenvalue weighted by atomic mass is 16.6. The van der Waals surface area contributed by atoms with E-state index in [1.54, 1.807) is 0 Å². The highest BCUT2D eigenvalue weighted by Gasteiger charge is 2.38. The van der Waals surface area contributed by atoms with E-state index in [9.17, 15) is 4.79 Å². The molecule has 2 aliphatic rings. The van der Waals surface area contributed by atoms with Crippen LogP contribution in [0.15, 0.2) is 0 Å². The zero-order valence-electron chi connectivity index (χ0n) is 11.4. The molecule has 0 saturated carbocycles. The molecular weight excluding hydrogens is 216 g/mol. The van der Waals surface area contributed by atoms with E-state index in [1.165, 1.54) is 0 Å². The van der Waals surface area contributed by atoms with Gasteiger partial charge in [-0.25, -0.2) is 4.79 Å². The van der Waals surface area contributed by atoms with Gasteiger partial charge in [0, 0.05) is 24.7 Å². The number of likely N-dealkylation sites (tertiary alicyclic amines) is 1. The standard InChI is InChI=1S/C13H24N2O2/c1-10-9-17-12(16)15(10)11-5-7-14(8-6-11)13(2,3)4/h10-11H,5-9H2,1-4H3. The van der Waals surface area contributed by atoms with Crippen LogP contribution in [0, 0.1) is 0 Å². The van der Waals surface area contributed by atoms with Crippen LogP contribution in [0.4, 0.5) is 4.79 Å². The summed E-state index contributed by atoms with van der Waals surface area (Å²) in [6.45, 7) is 11.5. The van der Waals surface area contributed by atoms with Gasteiger partial charge < -0.3 is 4.74 Å². The Balaban J connectivity index is 1.93. The van der Waals surface area contributed by atoms with Crippen LogP contribution in [0.2, 0.25) is 0 Å². The Morgan fingerprint density at radius 1 is 1.24 bits per heavy atom. The van der Waals surface area contributed by atoms with Crippen molar-refractivity contribution in [3.8, 4) is 0 Å². The summed E-state index contributed by atoms with van der Waals surface area (Å²) in [5, 5.41) is 0. The lowest BCUT2D eigenvalue weighted by Gasteiger charge is -2.43. The van der Waals surface area contributed by atoms with Crippen molar-refractivity contribution in [2.45, 2.75) is 58.2 Å². The summed E-state index contributed by atoms with van der Waals surface area (Å²) in [7, 11) is 0. The van der Waals surface area contributed by atoms with E-state index in [-0.39, 0.29) is 17.7 Å². The summed E-state index contributed by atoms with van der Waals surface area (Å²) in [4.78, 5) is 16.1. The summed E-state index contributed by atoms with van der Waals surface area (Å²) in [6, 6.07) is 0.618. The topological polar surface area (TPSA) is 32.8 Å². The summed E-state index contributed by atoms with van der Waals surface area (Å²) < 4.78 is 5.10. The first-order valence-corrected chi connectivity index (χ1v) is 6.60. The van der Waals surface area contributed by atoms with Gasteiger partial charge >= 0.3 is 6.09 Å². The number of piperidine rings is 1. The molecule has 0 aliphatic carbocycles. The van der Waals surface area contributed by atoms with Gasteiger partial charge in [0.2, 0.25) is 0 Å². The lowest BCUT2D eigenvalue weighted by Crippen LogP contribution is -2.52. The van der Waals surface area contributed by atoms with Crippen molar-refractivity contribution in [1.82, 2.24) is 9.80 Å².